The number of aromatic hydroxyl groups is 2. The predicted octanol–water partition coefficient (Wildman–Crippen LogP) is 3.21. The van der Waals surface area contributed by atoms with Crippen LogP contribution in [-0.4, -0.2) is 41.2 Å². The number of amides is 1. The van der Waals surface area contributed by atoms with Crippen molar-refractivity contribution in [2.45, 2.75) is 18.5 Å². The first-order valence-corrected chi connectivity index (χ1v) is 8.08. The van der Waals surface area contributed by atoms with Gasteiger partial charge in [-0.2, -0.15) is 0 Å². The van der Waals surface area contributed by atoms with Crippen LogP contribution in [0.5, 0.6) is 17.2 Å². The molecule has 0 radical (unpaired) electrons. The lowest BCUT2D eigenvalue weighted by Crippen LogP contribution is -2.43. The molecule has 0 unspecified atom stereocenters. The molecule has 0 saturated carbocycles. The zero-order valence-corrected chi connectivity index (χ0v) is 13.9. The van der Waals surface area contributed by atoms with E-state index in [0.717, 1.165) is 6.07 Å². The Morgan fingerprint density at radius 2 is 1.88 bits per heavy atom. The van der Waals surface area contributed by atoms with E-state index in [0.29, 0.717) is 11.3 Å². The summed E-state index contributed by atoms with van der Waals surface area (Å²) < 4.78 is 20.5. The van der Waals surface area contributed by atoms with E-state index in [2.05, 4.69) is 0 Å². The Morgan fingerprint density at radius 1 is 1.16 bits per heavy atom. The quantitative estimate of drug-likeness (QED) is 0.896. The number of alkyl halides is 1. The number of halogens is 1. The fraction of sp³-hybridized carbons (Fsp3) is 0.316. The molecule has 5 nitrogen and oxygen atoms in total. The molecule has 0 aliphatic carbocycles. The Balaban J connectivity index is 1.73. The molecule has 2 aromatic carbocycles. The summed E-state index contributed by atoms with van der Waals surface area (Å²) in [5.74, 6) is -0.171. The van der Waals surface area contributed by atoms with Crippen LogP contribution in [0.25, 0.3) is 0 Å². The second kappa shape index (κ2) is 6.63. The molecule has 25 heavy (non-hydrogen) atoms. The monoisotopic (exact) mass is 345 g/mol. The maximum absolute atomic E-state index is 15.3. The van der Waals surface area contributed by atoms with Gasteiger partial charge in [-0.15, -0.1) is 0 Å². The van der Waals surface area contributed by atoms with Gasteiger partial charge in [-0.05, 0) is 29.8 Å². The maximum Gasteiger partial charge on any atom is 0.257 e. The molecule has 132 valence electrons. The number of benzene rings is 2. The highest BCUT2D eigenvalue weighted by molar-refractivity contribution is 5.97. The van der Waals surface area contributed by atoms with Crippen LogP contribution in [0.2, 0.25) is 0 Å². The summed E-state index contributed by atoms with van der Waals surface area (Å²) in [7, 11) is 1.54. The molecule has 2 N–H and O–H groups in total. The number of hydrogen-bond donors (Lipinski definition) is 2. The van der Waals surface area contributed by atoms with Crippen LogP contribution in [0.4, 0.5) is 4.39 Å². The number of hydrogen-bond acceptors (Lipinski definition) is 4. The molecule has 0 spiro atoms. The fourth-order valence-corrected chi connectivity index (χ4v) is 3.13. The van der Waals surface area contributed by atoms with Gasteiger partial charge in [0.15, 0.2) is 0 Å². The third kappa shape index (κ3) is 3.38. The zero-order valence-electron chi connectivity index (χ0n) is 13.9. The molecular weight excluding hydrogens is 325 g/mol. The second-order valence-corrected chi connectivity index (χ2v) is 6.19. The van der Waals surface area contributed by atoms with E-state index in [1.165, 1.54) is 24.1 Å². The Hall–Kier alpha value is -2.76. The van der Waals surface area contributed by atoms with E-state index < -0.39 is 5.67 Å². The minimum Gasteiger partial charge on any atom is -0.508 e. The lowest BCUT2D eigenvalue weighted by molar-refractivity contribution is 0.0418. The van der Waals surface area contributed by atoms with Crippen molar-refractivity contribution >= 4 is 5.91 Å². The Morgan fingerprint density at radius 3 is 2.52 bits per heavy atom. The van der Waals surface area contributed by atoms with Crippen molar-refractivity contribution in [1.29, 1.82) is 0 Å². The molecule has 1 heterocycles. The van der Waals surface area contributed by atoms with Crippen molar-refractivity contribution in [3.05, 3.63) is 53.6 Å². The van der Waals surface area contributed by atoms with Gasteiger partial charge in [-0.3, -0.25) is 4.79 Å². The van der Waals surface area contributed by atoms with Crippen molar-refractivity contribution in [3.63, 3.8) is 0 Å². The Bertz CT molecular complexity index is 785. The van der Waals surface area contributed by atoms with Crippen LogP contribution in [0.3, 0.4) is 0 Å². The van der Waals surface area contributed by atoms with Crippen LogP contribution in [0.15, 0.2) is 42.5 Å². The van der Waals surface area contributed by atoms with Gasteiger partial charge < -0.3 is 19.8 Å². The van der Waals surface area contributed by atoms with Crippen molar-refractivity contribution in [1.82, 2.24) is 4.90 Å². The van der Waals surface area contributed by atoms with E-state index >= 15 is 4.39 Å². The number of piperidine rings is 1. The van der Waals surface area contributed by atoms with Gasteiger partial charge in [0.05, 0.1) is 12.7 Å². The minimum absolute atomic E-state index is 0.102. The molecular formula is C19H20FNO4. The fourth-order valence-electron chi connectivity index (χ4n) is 3.13. The largest absolute Gasteiger partial charge is 0.508 e. The average Bonchev–Trinajstić information content (AvgIpc) is 2.62. The van der Waals surface area contributed by atoms with Gasteiger partial charge in [-0.1, -0.05) is 12.1 Å². The van der Waals surface area contributed by atoms with Gasteiger partial charge in [-0.25, -0.2) is 4.39 Å². The number of ether oxygens (including phenoxy) is 1. The van der Waals surface area contributed by atoms with Crippen LogP contribution in [0, 0.1) is 0 Å². The molecule has 0 aromatic heterocycles. The van der Waals surface area contributed by atoms with E-state index in [4.69, 9.17) is 4.74 Å². The van der Waals surface area contributed by atoms with Crippen molar-refractivity contribution < 1.29 is 24.1 Å². The highest BCUT2D eigenvalue weighted by Crippen LogP contribution is 2.38. The number of likely N-dealkylation sites (tertiary alicyclic amines) is 1. The minimum atomic E-state index is -1.51. The summed E-state index contributed by atoms with van der Waals surface area (Å²) in [6, 6.07) is 10.8. The maximum atomic E-state index is 15.3. The lowest BCUT2D eigenvalue weighted by Gasteiger charge is -2.37. The highest BCUT2D eigenvalue weighted by atomic mass is 19.1. The highest BCUT2D eigenvalue weighted by Gasteiger charge is 2.38. The molecule has 2 aromatic rings. The van der Waals surface area contributed by atoms with Gasteiger partial charge in [0.2, 0.25) is 0 Å². The smallest absolute Gasteiger partial charge is 0.257 e. The molecule has 1 amide bonds. The van der Waals surface area contributed by atoms with E-state index in [1.54, 1.807) is 24.3 Å². The zero-order chi connectivity index (χ0) is 18.0. The molecule has 1 fully saturated rings. The molecule has 3 rings (SSSR count). The van der Waals surface area contributed by atoms with Gasteiger partial charge in [0.25, 0.3) is 5.91 Å². The van der Waals surface area contributed by atoms with Crippen LogP contribution in [-0.2, 0) is 5.67 Å². The normalized spacial score (nSPS) is 16.5. The number of methoxy groups -OCH3 is 1. The standard InChI is InChI=1S/C19H20FNO4/c1-25-15-4-2-3-13(11-15)19(20)7-9-21(10-8-19)18(24)16-6-5-14(22)12-17(16)23/h2-6,11-12,22-23H,7-10H2,1H3. The van der Waals surface area contributed by atoms with Crippen molar-refractivity contribution in [2.24, 2.45) is 0 Å². The first kappa shape index (κ1) is 17.1. The van der Waals surface area contributed by atoms with Crippen LogP contribution < -0.4 is 4.74 Å². The second-order valence-electron chi connectivity index (χ2n) is 6.19. The molecule has 0 atom stereocenters. The molecule has 1 aliphatic heterocycles. The summed E-state index contributed by atoms with van der Waals surface area (Å²) in [4.78, 5) is 14.0. The van der Waals surface area contributed by atoms with Crippen LogP contribution >= 0.6 is 0 Å². The molecule has 6 heteroatoms. The first-order chi connectivity index (χ1) is 11.9. The lowest BCUT2D eigenvalue weighted by atomic mass is 9.86. The Labute approximate surface area is 145 Å². The van der Waals surface area contributed by atoms with Gasteiger partial charge in [0, 0.05) is 32.0 Å². The average molecular weight is 345 g/mol. The van der Waals surface area contributed by atoms with Crippen molar-refractivity contribution in [3.8, 4) is 17.2 Å². The molecule has 1 aliphatic rings. The van der Waals surface area contributed by atoms with E-state index in [1.807, 2.05) is 0 Å². The van der Waals surface area contributed by atoms with E-state index in [9.17, 15) is 15.0 Å². The topological polar surface area (TPSA) is 70.0 Å². The summed E-state index contributed by atoms with van der Waals surface area (Å²) in [6.45, 7) is 0.486. The van der Waals surface area contributed by atoms with Gasteiger partial charge >= 0.3 is 0 Å². The van der Waals surface area contributed by atoms with E-state index in [-0.39, 0.29) is 48.9 Å². The molecule has 0 bridgehead atoms. The third-order valence-corrected chi connectivity index (χ3v) is 4.64. The molecule has 1 saturated heterocycles. The Kier molecular flexibility index (Phi) is 4.53. The number of phenolic OH excluding ortho intramolecular Hbond substituents is 2. The third-order valence-electron chi connectivity index (χ3n) is 4.64. The predicted molar refractivity (Wildman–Crippen MR) is 90.7 cm³/mol. The van der Waals surface area contributed by atoms with Crippen molar-refractivity contribution in [2.75, 3.05) is 20.2 Å². The number of carbonyl (C=O) groups excluding carboxylic acids is 1. The first-order valence-electron chi connectivity index (χ1n) is 8.08. The number of carbonyl (C=O) groups is 1. The number of nitrogens with zero attached hydrogens (tertiary/aromatic N) is 1. The summed E-state index contributed by atoms with van der Waals surface area (Å²) in [5.41, 5.74) is -0.862. The SMILES string of the molecule is COc1cccc(C2(F)CCN(C(=O)c3ccc(O)cc3O)CC2)c1. The summed E-state index contributed by atoms with van der Waals surface area (Å²) in [6.07, 6.45) is 0.343. The number of rotatable bonds is 3. The van der Waals surface area contributed by atoms with Crippen LogP contribution in [0.1, 0.15) is 28.8 Å². The summed E-state index contributed by atoms with van der Waals surface area (Å²) in [5, 5.41) is 19.2. The number of phenols is 2. The van der Waals surface area contributed by atoms with Gasteiger partial charge in [0.1, 0.15) is 22.9 Å². The summed E-state index contributed by atoms with van der Waals surface area (Å²) >= 11 is 0.